The molecule has 0 unspecified atom stereocenters. The summed E-state index contributed by atoms with van der Waals surface area (Å²) in [4.78, 5) is 11.4. The average molecular weight is 278 g/mol. The lowest BCUT2D eigenvalue weighted by Gasteiger charge is -2.32. The molecule has 1 fully saturated rings. The molecule has 1 saturated heterocycles. The zero-order valence-electron chi connectivity index (χ0n) is 12.9. The smallest absolute Gasteiger partial charge is 0.156 e. The van der Waals surface area contributed by atoms with E-state index in [0.717, 1.165) is 17.3 Å². The Balaban J connectivity index is 1.90. The molecule has 0 radical (unpaired) electrons. The van der Waals surface area contributed by atoms with Crippen LogP contribution in [0, 0.1) is 6.92 Å². The predicted molar refractivity (Wildman–Crippen MR) is 80.9 cm³/mol. The second kappa shape index (κ2) is 7.55. The molecule has 0 spiro atoms. The van der Waals surface area contributed by atoms with Crippen LogP contribution in [0.15, 0.2) is 6.07 Å². The minimum absolute atomic E-state index is 0.464. The van der Waals surface area contributed by atoms with Gasteiger partial charge in [-0.3, -0.25) is 0 Å². The summed E-state index contributed by atoms with van der Waals surface area (Å²) >= 11 is 0. The summed E-state index contributed by atoms with van der Waals surface area (Å²) in [6.07, 6.45) is 3.61. The summed E-state index contributed by atoms with van der Waals surface area (Å²) in [6.45, 7) is 8.28. The van der Waals surface area contributed by atoms with Gasteiger partial charge in [0.2, 0.25) is 0 Å². The van der Waals surface area contributed by atoms with Gasteiger partial charge in [0.25, 0.3) is 0 Å². The number of methoxy groups -OCH3 is 1. The van der Waals surface area contributed by atoms with Gasteiger partial charge in [-0.05, 0) is 32.7 Å². The Kier molecular flexibility index (Phi) is 5.73. The third-order valence-corrected chi connectivity index (χ3v) is 3.65. The summed E-state index contributed by atoms with van der Waals surface area (Å²) in [6, 6.07) is 2.53. The van der Waals surface area contributed by atoms with E-state index in [1.54, 1.807) is 7.11 Å². The summed E-state index contributed by atoms with van der Waals surface area (Å²) in [5.41, 5.74) is 0.984. The molecule has 1 aromatic heterocycles. The SMILES string of the molecule is CCCN1CCC(Nc2cc(C)nc(COC)n2)CC1. The molecule has 0 aliphatic carbocycles. The van der Waals surface area contributed by atoms with Crippen LogP contribution in [0.25, 0.3) is 0 Å². The molecule has 0 atom stereocenters. The molecule has 0 amide bonds. The van der Waals surface area contributed by atoms with Crippen LogP contribution < -0.4 is 5.32 Å². The fourth-order valence-corrected chi connectivity index (χ4v) is 2.72. The maximum atomic E-state index is 5.11. The molecule has 1 aliphatic rings. The van der Waals surface area contributed by atoms with Crippen molar-refractivity contribution < 1.29 is 4.74 Å². The third-order valence-electron chi connectivity index (χ3n) is 3.65. The van der Waals surface area contributed by atoms with Crippen LogP contribution in [0.4, 0.5) is 5.82 Å². The van der Waals surface area contributed by atoms with Gasteiger partial charge < -0.3 is 15.0 Å². The van der Waals surface area contributed by atoms with Crippen LogP contribution in [0.3, 0.4) is 0 Å². The number of nitrogens with one attached hydrogen (secondary N) is 1. The normalized spacial score (nSPS) is 17.4. The van der Waals surface area contributed by atoms with Crippen LogP contribution in [-0.2, 0) is 11.3 Å². The van der Waals surface area contributed by atoms with Crippen LogP contribution in [0.1, 0.15) is 37.7 Å². The number of aryl methyl sites for hydroxylation is 1. The van der Waals surface area contributed by atoms with Crippen LogP contribution >= 0.6 is 0 Å². The van der Waals surface area contributed by atoms with E-state index in [4.69, 9.17) is 4.74 Å². The van der Waals surface area contributed by atoms with E-state index in [-0.39, 0.29) is 0 Å². The fourth-order valence-electron chi connectivity index (χ4n) is 2.72. The summed E-state index contributed by atoms with van der Waals surface area (Å²) < 4.78 is 5.11. The number of hydrogen-bond donors (Lipinski definition) is 1. The van der Waals surface area contributed by atoms with Gasteiger partial charge in [-0.15, -0.1) is 0 Å². The molecule has 2 heterocycles. The van der Waals surface area contributed by atoms with Crippen LogP contribution in [0.2, 0.25) is 0 Å². The van der Waals surface area contributed by atoms with Crippen molar-refractivity contribution >= 4 is 5.82 Å². The van der Waals surface area contributed by atoms with Gasteiger partial charge in [0.1, 0.15) is 12.4 Å². The van der Waals surface area contributed by atoms with E-state index in [2.05, 4.69) is 27.1 Å². The topological polar surface area (TPSA) is 50.3 Å². The van der Waals surface area contributed by atoms with Crippen molar-refractivity contribution in [3.8, 4) is 0 Å². The number of ether oxygens (including phenoxy) is 1. The number of likely N-dealkylation sites (tertiary alicyclic amines) is 1. The van der Waals surface area contributed by atoms with Gasteiger partial charge in [0, 0.05) is 38.0 Å². The number of aromatic nitrogens is 2. The molecule has 112 valence electrons. The summed E-state index contributed by atoms with van der Waals surface area (Å²) in [5.74, 6) is 1.68. The quantitative estimate of drug-likeness (QED) is 0.864. The van der Waals surface area contributed by atoms with Gasteiger partial charge in [-0.2, -0.15) is 0 Å². The average Bonchev–Trinajstić information content (AvgIpc) is 2.41. The lowest BCUT2D eigenvalue weighted by Crippen LogP contribution is -2.39. The van der Waals surface area contributed by atoms with Crippen molar-refractivity contribution in [1.82, 2.24) is 14.9 Å². The van der Waals surface area contributed by atoms with E-state index in [1.165, 1.54) is 38.9 Å². The summed E-state index contributed by atoms with van der Waals surface area (Å²) in [7, 11) is 1.67. The monoisotopic (exact) mass is 278 g/mol. The molecule has 0 aromatic carbocycles. The Bertz CT molecular complexity index is 416. The Hall–Kier alpha value is -1.20. The minimum atomic E-state index is 0.464. The van der Waals surface area contributed by atoms with Gasteiger partial charge in [-0.25, -0.2) is 9.97 Å². The molecular weight excluding hydrogens is 252 g/mol. The van der Waals surface area contributed by atoms with E-state index in [0.29, 0.717) is 12.6 Å². The van der Waals surface area contributed by atoms with Crippen molar-refractivity contribution in [2.24, 2.45) is 0 Å². The first-order valence-corrected chi connectivity index (χ1v) is 7.53. The molecule has 0 saturated carbocycles. The van der Waals surface area contributed by atoms with Crippen LogP contribution in [0.5, 0.6) is 0 Å². The van der Waals surface area contributed by atoms with E-state index in [1.807, 2.05) is 13.0 Å². The van der Waals surface area contributed by atoms with Crippen molar-refractivity contribution in [1.29, 1.82) is 0 Å². The molecule has 0 bridgehead atoms. The standard InChI is InChI=1S/C15H26N4O/c1-4-7-19-8-5-13(6-9-19)17-14-10-12(2)16-15(18-14)11-20-3/h10,13H,4-9,11H2,1-3H3,(H,16,17,18). The second-order valence-corrected chi connectivity index (χ2v) is 5.50. The number of piperidine rings is 1. The van der Waals surface area contributed by atoms with Crippen LogP contribution in [-0.4, -0.2) is 47.7 Å². The highest BCUT2D eigenvalue weighted by atomic mass is 16.5. The maximum Gasteiger partial charge on any atom is 0.156 e. The largest absolute Gasteiger partial charge is 0.377 e. The molecule has 20 heavy (non-hydrogen) atoms. The number of rotatable bonds is 6. The minimum Gasteiger partial charge on any atom is -0.377 e. The Morgan fingerprint density at radius 1 is 1.35 bits per heavy atom. The zero-order chi connectivity index (χ0) is 14.4. The predicted octanol–water partition coefficient (Wildman–Crippen LogP) is 2.22. The lowest BCUT2D eigenvalue weighted by atomic mass is 10.0. The van der Waals surface area contributed by atoms with Gasteiger partial charge in [-0.1, -0.05) is 6.92 Å². The van der Waals surface area contributed by atoms with Crippen molar-refractivity contribution in [3.05, 3.63) is 17.6 Å². The van der Waals surface area contributed by atoms with Gasteiger partial charge in [0.15, 0.2) is 5.82 Å². The van der Waals surface area contributed by atoms with Crippen molar-refractivity contribution in [2.45, 2.75) is 45.8 Å². The molecule has 5 heteroatoms. The van der Waals surface area contributed by atoms with Crippen molar-refractivity contribution in [3.63, 3.8) is 0 Å². The summed E-state index contributed by atoms with van der Waals surface area (Å²) in [5, 5.41) is 3.55. The van der Waals surface area contributed by atoms with E-state index >= 15 is 0 Å². The molecule has 1 aliphatic heterocycles. The maximum absolute atomic E-state index is 5.11. The second-order valence-electron chi connectivity index (χ2n) is 5.50. The number of anilines is 1. The fraction of sp³-hybridized carbons (Fsp3) is 0.733. The lowest BCUT2D eigenvalue weighted by molar-refractivity contribution is 0.177. The van der Waals surface area contributed by atoms with Gasteiger partial charge >= 0.3 is 0 Å². The Labute approximate surface area is 121 Å². The number of nitrogens with zero attached hydrogens (tertiary/aromatic N) is 3. The molecular formula is C15H26N4O. The van der Waals surface area contributed by atoms with E-state index in [9.17, 15) is 0 Å². The Morgan fingerprint density at radius 3 is 2.75 bits per heavy atom. The Morgan fingerprint density at radius 2 is 2.10 bits per heavy atom. The molecule has 1 aromatic rings. The zero-order valence-corrected chi connectivity index (χ0v) is 12.9. The highest BCUT2D eigenvalue weighted by molar-refractivity contribution is 5.37. The first-order valence-electron chi connectivity index (χ1n) is 7.53. The van der Waals surface area contributed by atoms with Crippen molar-refractivity contribution in [2.75, 3.05) is 32.1 Å². The highest BCUT2D eigenvalue weighted by Crippen LogP contribution is 2.16. The molecule has 2 rings (SSSR count). The molecule has 5 nitrogen and oxygen atoms in total. The highest BCUT2D eigenvalue weighted by Gasteiger charge is 2.18. The van der Waals surface area contributed by atoms with E-state index < -0.39 is 0 Å². The first-order chi connectivity index (χ1) is 9.71. The number of hydrogen-bond acceptors (Lipinski definition) is 5. The third kappa shape index (κ3) is 4.42. The first kappa shape index (κ1) is 15.2. The van der Waals surface area contributed by atoms with Gasteiger partial charge in [0.05, 0.1) is 0 Å². The molecule has 1 N–H and O–H groups in total.